The summed E-state index contributed by atoms with van der Waals surface area (Å²) in [6, 6.07) is 21.7. The van der Waals surface area contributed by atoms with Crippen LogP contribution in [0.1, 0.15) is 21.5 Å². The summed E-state index contributed by atoms with van der Waals surface area (Å²) in [5.74, 6) is -0.438. The lowest BCUT2D eigenvalue weighted by molar-refractivity contribution is 0.0787. The zero-order chi connectivity index (χ0) is 23.5. The lowest BCUT2D eigenvalue weighted by Crippen LogP contribution is -2.26. The fourth-order valence-corrected chi connectivity index (χ4v) is 3.94. The Labute approximate surface area is 196 Å². The molecule has 6 nitrogen and oxygen atoms in total. The Kier molecular flexibility index (Phi) is 5.82. The van der Waals surface area contributed by atoms with Crippen molar-refractivity contribution in [2.45, 2.75) is 13.1 Å². The third-order valence-corrected chi connectivity index (χ3v) is 5.65. The normalized spacial score (nSPS) is 11.0. The van der Waals surface area contributed by atoms with Crippen LogP contribution in [0.15, 0.2) is 91.4 Å². The van der Waals surface area contributed by atoms with E-state index in [1.807, 2.05) is 54.6 Å². The van der Waals surface area contributed by atoms with Gasteiger partial charge < -0.3 is 4.90 Å². The largest absolute Gasteiger partial charge is 0.337 e. The number of aromatic nitrogens is 4. The molecule has 0 aliphatic heterocycles. The Bertz CT molecular complexity index is 1450. The van der Waals surface area contributed by atoms with Crippen LogP contribution in [-0.2, 0) is 13.1 Å². The number of benzene rings is 2. The maximum atomic E-state index is 13.7. The Morgan fingerprint density at radius 1 is 0.971 bits per heavy atom. The van der Waals surface area contributed by atoms with Crippen LogP contribution in [0.5, 0.6) is 0 Å². The van der Waals surface area contributed by atoms with E-state index in [1.165, 1.54) is 12.1 Å². The van der Waals surface area contributed by atoms with Gasteiger partial charge in [-0.2, -0.15) is 5.10 Å². The zero-order valence-corrected chi connectivity index (χ0v) is 18.6. The number of carbonyl (C=O) groups is 1. The molecule has 3 heterocycles. The van der Waals surface area contributed by atoms with Crippen molar-refractivity contribution in [1.82, 2.24) is 24.6 Å². The molecule has 3 aromatic heterocycles. The topological polar surface area (TPSA) is 63.9 Å². The van der Waals surface area contributed by atoms with Crippen molar-refractivity contribution in [3.05, 3.63) is 114 Å². The SMILES string of the molecule is CN(Cc1ccncc1)C(=O)c1cc(-c2ccccc2)nc2c1cnn2Cc1cccc(F)c1. The van der Waals surface area contributed by atoms with Gasteiger partial charge >= 0.3 is 0 Å². The van der Waals surface area contributed by atoms with E-state index in [1.54, 1.807) is 41.3 Å². The summed E-state index contributed by atoms with van der Waals surface area (Å²) < 4.78 is 15.4. The third kappa shape index (κ3) is 4.41. The van der Waals surface area contributed by atoms with Crippen molar-refractivity contribution in [3.63, 3.8) is 0 Å². The van der Waals surface area contributed by atoms with Crippen LogP contribution in [0.2, 0.25) is 0 Å². The number of amides is 1. The molecule has 1 amide bonds. The quantitative estimate of drug-likeness (QED) is 0.366. The molecule has 0 spiro atoms. The van der Waals surface area contributed by atoms with Crippen LogP contribution in [0.3, 0.4) is 0 Å². The molecule has 0 N–H and O–H groups in total. The number of fused-ring (bicyclic) bond motifs is 1. The Hall–Kier alpha value is -4.39. The highest BCUT2D eigenvalue weighted by molar-refractivity contribution is 6.06. The molecule has 2 aromatic carbocycles. The van der Waals surface area contributed by atoms with Crippen LogP contribution >= 0.6 is 0 Å². The monoisotopic (exact) mass is 451 g/mol. The summed E-state index contributed by atoms with van der Waals surface area (Å²) in [7, 11) is 1.77. The smallest absolute Gasteiger partial charge is 0.254 e. The average molecular weight is 452 g/mol. The highest BCUT2D eigenvalue weighted by Crippen LogP contribution is 2.26. The first-order valence-corrected chi connectivity index (χ1v) is 10.9. The van der Waals surface area contributed by atoms with Crippen molar-refractivity contribution in [3.8, 4) is 11.3 Å². The summed E-state index contributed by atoms with van der Waals surface area (Å²) in [6.45, 7) is 0.788. The summed E-state index contributed by atoms with van der Waals surface area (Å²) in [6.07, 6.45) is 5.08. The molecule has 0 radical (unpaired) electrons. The Morgan fingerprint density at radius 2 is 1.76 bits per heavy atom. The number of carbonyl (C=O) groups excluding carboxylic acids is 1. The number of hydrogen-bond acceptors (Lipinski definition) is 4. The third-order valence-electron chi connectivity index (χ3n) is 5.65. The molecule has 0 saturated heterocycles. The molecule has 34 heavy (non-hydrogen) atoms. The summed E-state index contributed by atoms with van der Waals surface area (Å²) in [4.78, 5) is 24.1. The predicted molar refractivity (Wildman–Crippen MR) is 129 cm³/mol. The fraction of sp³-hybridized carbons (Fsp3) is 0.111. The van der Waals surface area contributed by atoms with Gasteiger partial charge in [0.1, 0.15) is 5.82 Å². The maximum absolute atomic E-state index is 13.7. The van der Waals surface area contributed by atoms with E-state index in [0.29, 0.717) is 35.4 Å². The minimum atomic E-state index is -0.305. The first kappa shape index (κ1) is 21.5. The molecule has 0 atom stereocenters. The van der Waals surface area contributed by atoms with Crippen LogP contribution in [-0.4, -0.2) is 37.6 Å². The van der Waals surface area contributed by atoms with Gasteiger partial charge in [0.15, 0.2) is 5.65 Å². The van der Waals surface area contributed by atoms with Gasteiger partial charge in [0.2, 0.25) is 0 Å². The molecule has 0 fully saturated rings. The van der Waals surface area contributed by atoms with Gasteiger partial charge in [-0.1, -0.05) is 42.5 Å². The molecule has 0 aliphatic carbocycles. The second-order valence-electron chi connectivity index (χ2n) is 8.11. The fourth-order valence-electron chi connectivity index (χ4n) is 3.94. The molecule has 7 heteroatoms. The van der Waals surface area contributed by atoms with Gasteiger partial charge in [0.25, 0.3) is 5.91 Å². The molecule has 0 unspecified atom stereocenters. The molecule has 0 aliphatic rings. The number of pyridine rings is 2. The lowest BCUT2D eigenvalue weighted by Gasteiger charge is -2.18. The summed E-state index contributed by atoms with van der Waals surface area (Å²) in [5.41, 5.74) is 4.42. The lowest BCUT2D eigenvalue weighted by atomic mass is 10.1. The molecular formula is C27H22FN5O. The highest BCUT2D eigenvalue weighted by atomic mass is 19.1. The molecular weight excluding hydrogens is 429 g/mol. The Morgan fingerprint density at radius 3 is 2.53 bits per heavy atom. The summed E-state index contributed by atoms with van der Waals surface area (Å²) in [5, 5.41) is 5.15. The van der Waals surface area contributed by atoms with E-state index in [4.69, 9.17) is 4.98 Å². The van der Waals surface area contributed by atoms with Crippen LogP contribution in [0, 0.1) is 5.82 Å². The van der Waals surface area contributed by atoms with Gasteiger partial charge in [-0.3, -0.25) is 9.78 Å². The first-order valence-electron chi connectivity index (χ1n) is 10.9. The van der Waals surface area contributed by atoms with Crippen molar-refractivity contribution in [1.29, 1.82) is 0 Å². The molecule has 5 rings (SSSR count). The summed E-state index contributed by atoms with van der Waals surface area (Å²) >= 11 is 0. The van der Waals surface area contributed by atoms with Gasteiger partial charge in [-0.15, -0.1) is 0 Å². The first-order chi connectivity index (χ1) is 16.6. The van der Waals surface area contributed by atoms with Crippen LogP contribution in [0.25, 0.3) is 22.3 Å². The van der Waals surface area contributed by atoms with E-state index in [-0.39, 0.29) is 11.7 Å². The highest BCUT2D eigenvalue weighted by Gasteiger charge is 2.20. The van der Waals surface area contributed by atoms with Gasteiger partial charge in [0, 0.05) is 31.5 Å². The van der Waals surface area contributed by atoms with E-state index in [9.17, 15) is 9.18 Å². The van der Waals surface area contributed by atoms with E-state index in [0.717, 1.165) is 16.7 Å². The Balaban J connectivity index is 1.58. The average Bonchev–Trinajstić information content (AvgIpc) is 3.26. The van der Waals surface area contributed by atoms with Gasteiger partial charge in [0.05, 0.1) is 29.4 Å². The van der Waals surface area contributed by atoms with Crippen LogP contribution < -0.4 is 0 Å². The number of nitrogens with zero attached hydrogens (tertiary/aromatic N) is 5. The van der Waals surface area contributed by atoms with Crippen molar-refractivity contribution in [2.75, 3.05) is 7.05 Å². The van der Waals surface area contributed by atoms with Crippen LogP contribution in [0.4, 0.5) is 4.39 Å². The van der Waals surface area contributed by atoms with Gasteiger partial charge in [-0.25, -0.2) is 14.1 Å². The van der Waals surface area contributed by atoms with Gasteiger partial charge in [-0.05, 0) is 41.5 Å². The molecule has 5 aromatic rings. The minimum Gasteiger partial charge on any atom is -0.337 e. The molecule has 0 saturated carbocycles. The number of rotatable bonds is 6. The van der Waals surface area contributed by atoms with E-state index < -0.39 is 0 Å². The molecule has 0 bridgehead atoms. The zero-order valence-electron chi connectivity index (χ0n) is 18.6. The van der Waals surface area contributed by atoms with Crippen molar-refractivity contribution < 1.29 is 9.18 Å². The predicted octanol–water partition coefficient (Wildman–Crippen LogP) is 4.95. The maximum Gasteiger partial charge on any atom is 0.254 e. The minimum absolute atomic E-state index is 0.133. The number of halogens is 1. The van der Waals surface area contributed by atoms with E-state index >= 15 is 0 Å². The molecule has 168 valence electrons. The van der Waals surface area contributed by atoms with E-state index in [2.05, 4.69) is 10.1 Å². The van der Waals surface area contributed by atoms with Crippen molar-refractivity contribution >= 4 is 16.9 Å². The second kappa shape index (κ2) is 9.23. The number of hydrogen-bond donors (Lipinski definition) is 0. The second-order valence-corrected chi connectivity index (χ2v) is 8.11. The van der Waals surface area contributed by atoms with Crippen molar-refractivity contribution in [2.24, 2.45) is 0 Å². The standard InChI is InChI=1S/C27H22FN5O/c1-32(17-19-10-12-29-13-11-19)27(34)23-15-25(21-7-3-2-4-8-21)31-26-24(23)16-30-33(26)18-20-6-5-9-22(28)14-20/h2-16H,17-18H2,1H3.